The fraction of sp³-hybridized carbons (Fsp3) is 0.357. The van der Waals surface area contributed by atoms with Crippen molar-refractivity contribution in [3.63, 3.8) is 0 Å². The maximum absolute atomic E-state index is 12.5. The molecule has 3 aromatic heterocycles. The average molecular weight is 364 g/mol. The second kappa shape index (κ2) is 6.33. The van der Waals surface area contributed by atoms with Gasteiger partial charge in [-0.1, -0.05) is 0 Å². The molecule has 1 aliphatic rings. The molecule has 0 radical (unpaired) electrons. The summed E-state index contributed by atoms with van der Waals surface area (Å²) >= 11 is 7.41. The van der Waals surface area contributed by atoms with E-state index >= 15 is 0 Å². The van der Waals surface area contributed by atoms with Gasteiger partial charge in [0, 0.05) is 24.7 Å². The van der Waals surface area contributed by atoms with Crippen LogP contribution < -0.4 is 10.2 Å². The highest BCUT2D eigenvalue weighted by molar-refractivity contribution is 7.13. The number of hydrogen-bond donors (Lipinski definition) is 2. The number of anilines is 2. The van der Waals surface area contributed by atoms with Gasteiger partial charge in [0.05, 0.1) is 12.2 Å². The summed E-state index contributed by atoms with van der Waals surface area (Å²) in [6.07, 6.45) is 4.97. The highest BCUT2D eigenvalue weighted by atomic mass is 35.5. The fourth-order valence-electron chi connectivity index (χ4n) is 2.90. The molecule has 3 aromatic rings. The van der Waals surface area contributed by atoms with Crippen LogP contribution in [0.4, 0.5) is 10.9 Å². The summed E-state index contributed by atoms with van der Waals surface area (Å²) in [5.74, 6) is 0.541. The maximum Gasteiger partial charge on any atom is 0.231 e. The SMILES string of the molecule is O=C(Nc1nccs1)C1CCCN(c2nc(Cl)nc3nc[nH]c23)C1. The average Bonchev–Trinajstić information content (AvgIpc) is 3.25. The van der Waals surface area contributed by atoms with Gasteiger partial charge >= 0.3 is 0 Å². The van der Waals surface area contributed by atoms with Gasteiger partial charge in [-0.25, -0.2) is 9.97 Å². The predicted octanol–water partition coefficient (Wildman–Crippen LogP) is 2.32. The molecule has 124 valence electrons. The molecule has 1 atom stereocenters. The molecule has 0 saturated carbocycles. The van der Waals surface area contributed by atoms with Gasteiger partial charge in [-0.2, -0.15) is 9.97 Å². The van der Waals surface area contributed by atoms with E-state index in [0.29, 0.717) is 23.1 Å². The Kier molecular flexibility index (Phi) is 4.03. The third-order valence-corrected chi connectivity index (χ3v) is 4.85. The van der Waals surface area contributed by atoms with Gasteiger partial charge in [-0.05, 0) is 24.4 Å². The van der Waals surface area contributed by atoms with E-state index in [9.17, 15) is 4.79 Å². The molecule has 2 N–H and O–H groups in total. The lowest BCUT2D eigenvalue weighted by Crippen LogP contribution is -2.41. The number of fused-ring (bicyclic) bond motifs is 1. The molecular weight excluding hydrogens is 350 g/mol. The maximum atomic E-state index is 12.5. The minimum Gasteiger partial charge on any atom is -0.354 e. The zero-order valence-corrected chi connectivity index (χ0v) is 14.1. The summed E-state index contributed by atoms with van der Waals surface area (Å²) in [6.45, 7) is 1.38. The van der Waals surface area contributed by atoms with Gasteiger partial charge in [0.2, 0.25) is 11.2 Å². The van der Waals surface area contributed by atoms with Crippen molar-refractivity contribution in [3.05, 3.63) is 23.2 Å². The smallest absolute Gasteiger partial charge is 0.231 e. The van der Waals surface area contributed by atoms with E-state index < -0.39 is 0 Å². The van der Waals surface area contributed by atoms with E-state index in [1.54, 1.807) is 12.5 Å². The minimum absolute atomic E-state index is 0.0179. The van der Waals surface area contributed by atoms with E-state index in [1.165, 1.54) is 11.3 Å². The molecule has 0 aromatic carbocycles. The van der Waals surface area contributed by atoms with Crippen molar-refractivity contribution in [1.29, 1.82) is 0 Å². The number of rotatable bonds is 3. The Bertz CT molecular complexity index is 865. The van der Waals surface area contributed by atoms with Crippen LogP contribution in [0, 0.1) is 5.92 Å². The number of carbonyl (C=O) groups is 1. The Morgan fingerprint density at radius 2 is 2.33 bits per heavy atom. The molecule has 1 saturated heterocycles. The van der Waals surface area contributed by atoms with Crippen LogP contribution in [0.15, 0.2) is 17.9 Å². The molecule has 1 amide bonds. The number of H-pyrrole nitrogens is 1. The van der Waals surface area contributed by atoms with Crippen molar-refractivity contribution < 1.29 is 4.79 Å². The summed E-state index contributed by atoms with van der Waals surface area (Å²) in [5, 5.41) is 5.48. The van der Waals surface area contributed by atoms with Crippen molar-refractivity contribution in [3.8, 4) is 0 Å². The monoisotopic (exact) mass is 363 g/mol. The molecule has 0 aliphatic carbocycles. The lowest BCUT2D eigenvalue weighted by atomic mass is 9.97. The highest BCUT2D eigenvalue weighted by Gasteiger charge is 2.28. The van der Waals surface area contributed by atoms with Crippen molar-refractivity contribution in [1.82, 2.24) is 24.9 Å². The zero-order valence-electron chi connectivity index (χ0n) is 12.6. The van der Waals surface area contributed by atoms with Gasteiger partial charge in [0.25, 0.3) is 0 Å². The molecule has 1 unspecified atom stereocenters. The number of aromatic nitrogens is 5. The van der Waals surface area contributed by atoms with Crippen LogP contribution in [-0.4, -0.2) is 43.9 Å². The van der Waals surface area contributed by atoms with Crippen molar-refractivity contribution >= 4 is 51.0 Å². The Balaban J connectivity index is 1.56. The topological polar surface area (TPSA) is 99.7 Å². The first kappa shape index (κ1) is 15.3. The molecule has 24 heavy (non-hydrogen) atoms. The van der Waals surface area contributed by atoms with Crippen LogP contribution in [-0.2, 0) is 4.79 Å². The van der Waals surface area contributed by atoms with E-state index in [1.807, 2.05) is 5.38 Å². The fourth-order valence-corrected chi connectivity index (χ4v) is 3.59. The molecule has 1 fully saturated rings. The molecule has 0 bridgehead atoms. The predicted molar refractivity (Wildman–Crippen MR) is 92.4 cm³/mol. The number of piperidine rings is 1. The van der Waals surface area contributed by atoms with Crippen molar-refractivity contribution in [2.75, 3.05) is 23.3 Å². The number of amides is 1. The van der Waals surface area contributed by atoms with Crippen LogP contribution in [0.1, 0.15) is 12.8 Å². The van der Waals surface area contributed by atoms with Gasteiger partial charge in [-0.15, -0.1) is 11.3 Å². The number of thiazole rings is 1. The Hall–Kier alpha value is -2.26. The Morgan fingerprint density at radius 3 is 3.17 bits per heavy atom. The molecular formula is C14H14ClN7OS. The summed E-state index contributed by atoms with van der Waals surface area (Å²) < 4.78 is 0. The largest absolute Gasteiger partial charge is 0.354 e. The van der Waals surface area contributed by atoms with Crippen LogP contribution in [0.25, 0.3) is 11.2 Å². The number of nitrogens with one attached hydrogen (secondary N) is 2. The molecule has 1 aliphatic heterocycles. The number of imidazole rings is 1. The first-order chi connectivity index (χ1) is 11.7. The second-order valence-corrected chi connectivity index (χ2v) is 6.76. The molecule has 0 spiro atoms. The van der Waals surface area contributed by atoms with Gasteiger partial charge < -0.3 is 15.2 Å². The van der Waals surface area contributed by atoms with Crippen LogP contribution in [0.2, 0.25) is 5.28 Å². The third kappa shape index (κ3) is 2.92. The van der Waals surface area contributed by atoms with E-state index in [2.05, 4.69) is 35.1 Å². The quantitative estimate of drug-likeness (QED) is 0.693. The highest BCUT2D eigenvalue weighted by Crippen LogP contribution is 2.28. The van der Waals surface area contributed by atoms with Gasteiger partial charge in [0.1, 0.15) is 5.52 Å². The summed E-state index contributed by atoms with van der Waals surface area (Å²) in [7, 11) is 0. The first-order valence-corrected chi connectivity index (χ1v) is 8.78. The third-order valence-electron chi connectivity index (χ3n) is 3.99. The van der Waals surface area contributed by atoms with Crippen LogP contribution in [0.3, 0.4) is 0 Å². The van der Waals surface area contributed by atoms with E-state index in [4.69, 9.17) is 11.6 Å². The lowest BCUT2D eigenvalue weighted by Gasteiger charge is -2.32. The van der Waals surface area contributed by atoms with Gasteiger partial charge in [0.15, 0.2) is 16.6 Å². The number of carbonyl (C=O) groups excluding carboxylic acids is 1. The zero-order chi connectivity index (χ0) is 16.5. The van der Waals surface area contributed by atoms with Crippen LogP contribution >= 0.6 is 22.9 Å². The number of aromatic amines is 1. The van der Waals surface area contributed by atoms with Crippen molar-refractivity contribution in [2.45, 2.75) is 12.8 Å². The standard InChI is InChI=1S/C14H14ClN7OS/c15-13-19-10-9(17-7-18-10)11(20-13)22-4-1-2-8(6-22)12(23)21-14-16-3-5-24-14/h3,5,7-8H,1-2,4,6H2,(H,16,21,23)(H,17,18,19,20). The second-order valence-electron chi connectivity index (χ2n) is 5.53. The Morgan fingerprint density at radius 1 is 1.42 bits per heavy atom. The summed E-state index contributed by atoms with van der Waals surface area (Å²) in [6, 6.07) is 0. The first-order valence-electron chi connectivity index (χ1n) is 7.52. The molecule has 4 heterocycles. The molecule has 4 rings (SSSR count). The van der Waals surface area contributed by atoms with Gasteiger partial charge in [-0.3, -0.25) is 4.79 Å². The van der Waals surface area contributed by atoms with Crippen LogP contribution in [0.5, 0.6) is 0 Å². The summed E-state index contributed by atoms with van der Waals surface area (Å²) in [5.41, 5.74) is 1.26. The number of halogens is 1. The van der Waals surface area contributed by atoms with E-state index in [-0.39, 0.29) is 17.1 Å². The van der Waals surface area contributed by atoms with Crippen molar-refractivity contribution in [2.24, 2.45) is 5.92 Å². The Labute approximate surface area is 146 Å². The van der Waals surface area contributed by atoms with E-state index in [0.717, 1.165) is 24.9 Å². The minimum atomic E-state index is -0.130. The molecule has 8 nitrogen and oxygen atoms in total. The summed E-state index contributed by atoms with van der Waals surface area (Å²) in [4.78, 5) is 34.2. The number of hydrogen-bond acceptors (Lipinski definition) is 7. The molecule has 10 heteroatoms. The lowest BCUT2D eigenvalue weighted by molar-refractivity contribution is -0.120. The number of nitrogens with zero attached hydrogens (tertiary/aromatic N) is 5. The normalized spacial score (nSPS) is 18.0.